The molecule has 2 aliphatic carbocycles. The standard InChI is InChI=1S/C32H45NO6S.C4H8S2/c1-22(27-17-28(18-27)32(3,39-6)31-16-11-26(31)21-34)23(2)40(35,36)33(19-24-7-12-29(37-4)13-8-24)20-25-9-14-30(38-5)15-10-25;1-2-5-4-6-3-1/h7-10,12-15,17,22-23,26-27,31,34H,11,16,18-21H2,1-6H3;1-4H2/t22-,23-,26+,27+,31-,32+;/m1./s1. The molecular formula is C36H53NO6S3. The Labute approximate surface area is 285 Å². The fraction of sp³-hybridized carbons (Fsp3) is 0.611. The summed E-state index contributed by atoms with van der Waals surface area (Å²) in [6.45, 7) is 6.73. The lowest BCUT2D eigenvalue weighted by Crippen LogP contribution is -2.51. The molecule has 1 aliphatic heterocycles. The summed E-state index contributed by atoms with van der Waals surface area (Å²) in [7, 11) is 1.32. The zero-order valence-electron chi connectivity index (χ0n) is 28.3. The summed E-state index contributed by atoms with van der Waals surface area (Å²) in [5.74, 6) is 4.92. The van der Waals surface area contributed by atoms with Crippen LogP contribution in [0, 0.1) is 23.7 Å². The number of allylic oxidation sites excluding steroid dienone is 1. The first kappa shape index (κ1) is 37.1. The molecule has 46 heavy (non-hydrogen) atoms. The van der Waals surface area contributed by atoms with Crippen LogP contribution in [0.1, 0.15) is 57.6 Å². The lowest BCUT2D eigenvalue weighted by molar-refractivity contribution is -0.0898. The molecule has 1 saturated heterocycles. The molecule has 0 bridgehead atoms. The number of hydrogen-bond acceptors (Lipinski definition) is 8. The summed E-state index contributed by atoms with van der Waals surface area (Å²) in [5.41, 5.74) is 2.63. The summed E-state index contributed by atoms with van der Waals surface area (Å²) >= 11 is 4.12. The first-order valence-corrected chi connectivity index (χ1v) is 20.2. The predicted molar refractivity (Wildman–Crippen MR) is 192 cm³/mol. The van der Waals surface area contributed by atoms with Crippen LogP contribution in [-0.4, -0.2) is 73.2 Å². The Morgan fingerprint density at radius 1 is 0.913 bits per heavy atom. The van der Waals surface area contributed by atoms with E-state index in [0.717, 1.165) is 41.9 Å². The first-order valence-electron chi connectivity index (χ1n) is 16.3. The molecular weight excluding hydrogens is 639 g/mol. The van der Waals surface area contributed by atoms with Crippen LogP contribution in [0.2, 0.25) is 0 Å². The summed E-state index contributed by atoms with van der Waals surface area (Å²) in [6, 6.07) is 15.1. The molecule has 6 atom stereocenters. The third-order valence-electron chi connectivity index (χ3n) is 10.3. The van der Waals surface area contributed by atoms with Crippen LogP contribution in [0.5, 0.6) is 11.5 Å². The number of nitrogens with zero attached hydrogens (tertiary/aromatic N) is 1. The largest absolute Gasteiger partial charge is 0.497 e. The van der Waals surface area contributed by atoms with Crippen molar-refractivity contribution >= 4 is 33.5 Å². The Hall–Kier alpha value is -1.69. The molecule has 2 fully saturated rings. The van der Waals surface area contributed by atoms with E-state index in [1.807, 2.05) is 62.4 Å². The minimum Gasteiger partial charge on any atom is -0.497 e. The van der Waals surface area contributed by atoms with Gasteiger partial charge in [-0.05, 0) is 116 Å². The monoisotopic (exact) mass is 691 g/mol. The number of benzene rings is 2. The summed E-state index contributed by atoms with van der Waals surface area (Å²) in [5, 5.41) is 10.5. The lowest BCUT2D eigenvalue weighted by Gasteiger charge is -2.51. The number of thioether (sulfide) groups is 2. The van der Waals surface area contributed by atoms with Crippen LogP contribution in [0.3, 0.4) is 0 Å². The quantitative estimate of drug-likeness (QED) is 0.208. The van der Waals surface area contributed by atoms with Crippen molar-refractivity contribution in [1.29, 1.82) is 0 Å². The second-order valence-electron chi connectivity index (χ2n) is 12.9. The van der Waals surface area contributed by atoms with E-state index in [2.05, 4.69) is 36.5 Å². The predicted octanol–water partition coefficient (Wildman–Crippen LogP) is 7.24. The Balaban J connectivity index is 0.000000717. The maximum atomic E-state index is 14.2. The topological polar surface area (TPSA) is 85.3 Å². The smallest absolute Gasteiger partial charge is 0.217 e. The molecule has 1 heterocycles. The van der Waals surface area contributed by atoms with Crippen LogP contribution in [0.4, 0.5) is 0 Å². The van der Waals surface area contributed by atoms with Crippen LogP contribution >= 0.6 is 23.5 Å². The molecule has 0 amide bonds. The molecule has 0 unspecified atom stereocenters. The molecule has 0 aromatic heterocycles. The number of rotatable bonds is 14. The molecule has 5 rings (SSSR count). The summed E-state index contributed by atoms with van der Waals surface area (Å²) < 4.78 is 46.5. The normalized spacial score (nSPS) is 23.8. The molecule has 2 aromatic carbocycles. The third-order valence-corrected chi connectivity index (χ3v) is 15.2. The van der Waals surface area contributed by atoms with Gasteiger partial charge in [0.05, 0.1) is 25.1 Å². The Morgan fingerprint density at radius 2 is 1.43 bits per heavy atom. The van der Waals surface area contributed by atoms with Crippen molar-refractivity contribution in [3.8, 4) is 11.5 Å². The highest BCUT2D eigenvalue weighted by atomic mass is 32.2. The van der Waals surface area contributed by atoms with Gasteiger partial charge in [-0.3, -0.25) is 0 Å². The summed E-state index contributed by atoms with van der Waals surface area (Å²) in [6.07, 6.45) is 6.54. The van der Waals surface area contributed by atoms with Crippen LogP contribution in [-0.2, 0) is 27.8 Å². The number of ether oxygens (including phenoxy) is 3. The van der Waals surface area contributed by atoms with Crippen molar-refractivity contribution in [2.45, 2.75) is 70.4 Å². The zero-order valence-corrected chi connectivity index (χ0v) is 30.8. The van der Waals surface area contributed by atoms with Gasteiger partial charge >= 0.3 is 0 Å². The Kier molecular flexibility index (Phi) is 13.8. The fourth-order valence-corrected chi connectivity index (χ4v) is 10.8. The molecule has 2 aromatic rings. The van der Waals surface area contributed by atoms with Crippen molar-refractivity contribution in [2.24, 2.45) is 23.7 Å². The van der Waals surface area contributed by atoms with Gasteiger partial charge in [-0.15, -0.1) is 0 Å². The Morgan fingerprint density at radius 3 is 1.78 bits per heavy atom. The number of methoxy groups -OCH3 is 3. The van der Waals surface area contributed by atoms with E-state index in [-0.39, 0.29) is 37.5 Å². The van der Waals surface area contributed by atoms with Gasteiger partial charge in [-0.2, -0.15) is 27.8 Å². The highest BCUT2D eigenvalue weighted by Crippen LogP contribution is 2.51. The highest BCUT2D eigenvalue weighted by Gasteiger charge is 2.50. The van der Waals surface area contributed by atoms with Gasteiger partial charge in [0.25, 0.3) is 0 Å². The van der Waals surface area contributed by atoms with E-state index >= 15 is 0 Å². The third kappa shape index (κ3) is 8.85. The highest BCUT2D eigenvalue weighted by molar-refractivity contribution is 8.16. The lowest BCUT2D eigenvalue weighted by atomic mass is 9.59. The number of aliphatic hydroxyl groups is 1. The molecule has 0 spiro atoms. The fourth-order valence-electron chi connectivity index (χ4n) is 6.62. The van der Waals surface area contributed by atoms with Crippen LogP contribution < -0.4 is 9.47 Å². The molecule has 1 N–H and O–H groups in total. The van der Waals surface area contributed by atoms with E-state index in [4.69, 9.17) is 14.2 Å². The second-order valence-corrected chi connectivity index (χ2v) is 17.7. The number of sulfonamides is 1. The molecule has 10 heteroatoms. The summed E-state index contributed by atoms with van der Waals surface area (Å²) in [4.78, 5) is 0. The minimum atomic E-state index is -3.65. The van der Waals surface area contributed by atoms with Gasteiger partial charge in [0.15, 0.2) is 0 Å². The molecule has 7 nitrogen and oxygen atoms in total. The number of hydrogen-bond donors (Lipinski definition) is 1. The van der Waals surface area contributed by atoms with Crippen molar-refractivity contribution < 1.29 is 27.7 Å². The van der Waals surface area contributed by atoms with E-state index in [9.17, 15) is 13.5 Å². The van der Waals surface area contributed by atoms with Crippen LogP contribution in [0.15, 0.2) is 60.2 Å². The van der Waals surface area contributed by atoms with Gasteiger partial charge in [-0.25, -0.2) is 8.42 Å². The molecule has 3 aliphatic rings. The number of aliphatic hydroxyl groups excluding tert-OH is 1. The zero-order chi connectivity index (χ0) is 33.3. The van der Waals surface area contributed by atoms with E-state index < -0.39 is 20.9 Å². The van der Waals surface area contributed by atoms with Crippen molar-refractivity contribution in [2.75, 3.05) is 44.5 Å². The second kappa shape index (κ2) is 17.1. The average Bonchev–Trinajstić information content (AvgIpc) is 3.04. The van der Waals surface area contributed by atoms with E-state index in [0.29, 0.717) is 5.92 Å². The van der Waals surface area contributed by atoms with Gasteiger partial charge in [0, 0.05) is 31.9 Å². The van der Waals surface area contributed by atoms with Gasteiger partial charge in [-0.1, -0.05) is 37.3 Å². The first-order chi connectivity index (χ1) is 22.1. The average molecular weight is 692 g/mol. The van der Waals surface area contributed by atoms with Crippen molar-refractivity contribution in [3.05, 3.63) is 71.3 Å². The van der Waals surface area contributed by atoms with Gasteiger partial charge < -0.3 is 19.3 Å². The van der Waals surface area contributed by atoms with E-state index in [1.54, 1.807) is 25.6 Å². The molecule has 1 saturated carbocycles. The van der Waals surface area contributed by atoms with Crippen molar-refractivity contribution in [1.82, 2.24) is 4.31 Å². The maximum Gasteiger partial charge on any atom is 0.217 e. The van der Waals surface area contributed by atoms with Gasteiger partial charge in [0.2, 0.25) is 10.0 Å². The molecule has 256 valence electrons. The van der Waals surface area contributed by atoms with Crippen molar-refractivity contribution in [3.63, 3.8) is 0 Å². The maximum absolute atomic E-state index is 14.2. The minimum absolute atomic E-state index is 0.0703. The van der Waals surface area contributed by atoms with Crippen LogP contribution in [0.25, 0.3) is 0 Å². The molecule has 0 radical (unpaired) electrons. The Bertz CT molecular complexity index is 1300. The van der Waals surface area contributed by atoms with E-state index in [1.165, 1.54) is 28.6 Å². The van der Waals surface area contributed by atoms with Gasteiger partial charge in [0.1, 0.15) is 11.5 Å². The SMILES string of the molecule is C1CSCSC1.COc1ccc(CN(Cc2ccc(OC)cc2)S(=O)(=O)[C@H](C)[C@@H](C)[C@H]2C=C([C@](C)(OC)[C@@H]3CC[C@H]3CO)C2)cc1.